The van der Waals surface area contributed by atoms with Gasteiger partial charge in [-0.05, 0) is 40.0 Å². The van der Waals surface area contributed by atoms with Crippen molar-refractivity contribution >= 4 is 5.96 Å². The summed E-state index contributed by atoms with van der Waals surface area (Å²) < 4.78 is 1.97. The van der Waals surface area contributed by atoms with Gasteiger partial charge < -0.3 is 15.7 Å². The Balaban J connectivity index is 2.10. The van der Waals surface area contributed by atoms with Crippen molar-refractivity contribution in [2.24, 2.45) is 4.99 Å². The molecule has 124 valence electrons. The smallest absolute Gasteiger partial charge is 0.191 e. The van der Waals surface area contributed by atoms with Crippen molar-refractivity contribution < 1.29 is 5.11 Å². The Morgan fingerprint density at radius 1 is 1.50 bits per heavy atom. The van der Waals surface area contributed by atoms with Crippen molar-refractivity contribution in [2.45, 2.75) is 65.1 Å². The van der Waals surface area contributed by atoms with Gasteiger partial charge in [0.15, 0.2) is 5.96 Å². The molecule has 2 unspecified atom stereocenters. The van der Waals surface area contributed by atoms with Crippen LogP contribution >= 0.6 is 0 Å². The van der Waals surface area contributed by atoms with Crippen LogP contribution in [0.15, 0.2) is 4.99 Å². The second-order valence-corrected chi connectivity index (χ2v) is 6.13. The number of nitrogens with one attached hydrogen (secondary N) is 2. The molecule has 2 heterocycles. The quantitative estimate of drug-likeness (QED) is 0.561. The fourth-order valence-electron chi connectivity index (χ4n) is 2.45. The molecule has 2 atom stereocenters. The van der Waals surface area contributed by atoms with Crippen molar-refractivity contribution in [1.82, 2.24) is 25.4 Å². The molecule has 7 nitrogen and oxygen atoms in total. The molecule has 0 saturated carbocycles. The lowest BCUT2D eigenvalue weighted by Gasteiger charge is -2.26. The SMILES string of the molecule is CCNC(=NCC(C)(O)CC)NC1CCCn2nc(C)nc21. The maximum Gasteiger partial charge on any atom is 0.191 e. The minimum Gasteiger partial charge on any atom is -0.388 e. The van der Waals surface area contributed by atoms with E-state index in [0.29, 0.717) is 13.0 Å². The third-order valence-corrected chi connectivity index (χ3v) is 3.98. The number of aryl methyl sites for hydroxylation is 2. The van der Waals surface area contributed by atoms with Gasteiger partial charge in [-0.1, -0.05) is 6.92 Å². The summed E-state index contributed by atoms with van der Waals surface area (Å²) in [7, 11) is 0. The third-order valence-electron chi connectivity index (χ3n) is 3.98. The normalized spacial score (nSPS) is 21.1. The maximum absolute atomic E-state index is 10.1. The third kappa shape index (κ3) is 4.19. The average molecular weight is 308 g/mol. The van der Waals surface area contributed by atoms with Gasteiger partial charge in [0.2, 0.25) is 0 Å². The Morgan fingerprint density at radius 3 is 2.95 bits per heavy atom. The van der Waals surface area contributed by atoms with Crippen LogP contribution in [-0.2, 0) is 6.54 Å². The van der Waals surface area contributed by atoms with Crippen LogP contribution in [-0.4, -0.2) is 44.5 Å². The number of hydrogen-bond donors (Lipinski definition) is 3. The van der Waals surface area contributed by atoms with E-state index in [9.17, 15) is 5.11 Å². The number of rotatable bonds is 5. The molecule has 0 bridgehead atoms. The monoisotopic (exact) mass is 308 g/mol. The summed E-state index contributed by atoms with van der Waals surface area (Å²) in [5.41, 5.74) is -0.772. The van der Waals surface area contributed by atoms with E-state index in [4.69, 9.17) is 0 Å². The summed E-state index contributed by atoms with van der Waals surface area (Å²) in [6.07, 6.45) is 2.75. The van der Waals surface area contributed by atoms with Crippen LogP contribution in [0.2, 0.25) is 0 Å². The topological polar surface area (TPSA) is 87.4 Å². The van der Waals surface area contributed by atoms with E-state index in [1.54, 1.807) is 6.92 Å². The standard InChI is InChI=1S/C15H28N6O/c1-5-15(4,22)10-17-14(16-6-2)19-12-8-7-9-21-13(12)18-11(3)20-21/h12,22H,5-10H2,1-4H3,(H2,16,17,19). The first-order valence-electron chi connectivity index (χ1n) is 8.13. The maximum atomic E-state index is 10.1. The molecule has 1 aliphatic heterocycles. The molecule has 2 rings (SSSR count). The molecule has 0 aliphatic carbocycles. The zero-order valence-electron chi connectivity index (χ0n) is 14.1. The van der Waals surface area contributed by atoms with Crippen molar-refractivity contribution in [1.29, 1.82) is 0 Å². The van der Waals surface area contributed by atoms with Gasteiger partial charge in [-0.15, -0.1) is 0 Å². The summed E-state index contributed by atoms with van der Waals surface area (Å²) in [4.78, 5) is 9.04. The van der Waals surface area contributed by atoms with Crippen LogP contribution in [0.3, 0.4) is 0 Å². The molecule has 0 fully saturated rings. The van der Waals surface area contributed by atoms with Gasteiger partial charge >= 0.3 is 0 Å². The van der Waals surface area contributed by atoms with Crippen LogP contribution in [0, 0.1) is 6.92 Å². The average Bonchev–Trinajstić information content (AvgIpc) is 2.86. The van der Waals surface area contributed by atoms with Crippen molar-refractivity contribution in [3.05, 3.63) is 11.6 Å². The molecular weight excluding hydrogens is 280 g/mol. The molecule has 0 aromatic carbocycles. The Labute approximate surface area is 132 Å². The van der Waals surface area contributed by atoms with Crippen LogP contribution in [0.4, 0.5) is 0 Å². The molecule has 22 heavy (non-hydrogen) atoms. The number of aromatic nitrogens is 3. The summed E-state index contributed by atoms with van der Waals surface area (Å²) in [6.45, 7) is 9.79. The molecule has 0 saturated heterocycles. The number of hydrogen-bond acceptors (Lipinski definition) is 4. The van der Waals surface area contributed by atoms with Crippen LogP contribution in [0.1, 0.15) is 57.7 Å². The van der Waals surface area contributed by atoms with E-state index in [2.05, 4.69) is 25.7 Å². The van der Waals surface area contributed by atoms with Crippen LogP contribution < -0.4 is 10.6 Å². The Hall–Kier alpha value is -1.63. The van der Waals surface area contributed by atoms with Gasteiger partial charge in [0.1, 0.15) is 11.6 Å². The lowest BCUT2D eigenvalue weighted by atomic mass is 10.0. The first-order valence-corrected chi connectivity index (χ1v) is 8.13. The van der Waals surface area contributed by atoms with E-state index in [1.165, 1.54) is 0 Å². The van der Waals surface area contributed by atoms with E-state index in [0.717, 1.165) is 43.5 Å². The Kier molecular flexibility index (Phi) is 5.39. The number of guanidine groups is 1. The van der Waals surface area contributed by atoms with Gasteiger partial charge in [-0.25, -0.2) is 9.67 Å². The predicted octanol–water partition coefficient (Wildman–Crippen LogP) is 1.14. The molecule has 3 N–H and O–H groups in total. The van der Waals surface area contributed by atoms with E-state index in [1.807, 2.05) is 25.5 Å². The molecule has 1 aliphatic rings. The highest BCUT2D eigenvalue weighted by Gasteiger charge is 2.25. The largest absolute Gasteiger partial charge is 0.388 e. The minimum atomic E-state index is -0.772. The molecule has 0 radical (unpaired) electrons. The molecule has 0 amide bonds. The highest BCUT2D eigenvalue weighted by atomic mass is 16.3. The van der Waals surface area contributed by atoms with Crippen LogP contribution in [0.25, 0.3) is 0 Å². The lowest BCUT2D eigenvalue weighted by molar-refractivity contribution is 0.0656. The van der Waals surface area contributed by atoms with E-state index in [-0.39, 0.29) is 6.04 Å². The van der Waals surface area contributed by atoms with Crippen molar-refractivity contribution in [3.8, 4) is 0 Å². The summed E-state index contributed by atoms with van der Waals surface area (Å²) >= 11 is 0. The fourth-order valence-corrected chi connectivity index (χ4v) is 2.45. The molecule has 7 heteroatoms. The van der Waals surface area contributed by atoms with Crippen molar-refractivity contribution in [2.75, 3.05) is 13.1 Å². The summed E-state index contributed by atoms with van der Waals surface area (Å²) in [5.74, 6) is 2.49. The van der Waals surface area contributed by atoms with Gasteiger partial charge in [-0.3, -0.25) is 4.99 Å². The fraction of sp³-hybridized carbons (Fsp3) is 0.800. The van der Waals surface area contributed by atoms with Gasteiger partial charge in [0.25, 0.3) is 0 Å². The number of fused-ring (bicyclic) bond motifs is 1. The zero-order chi connectivity index (χ0) is 16.2. The zero-order valence-corrected chi connectivity index (χ0v) is 14.1. The Bertz CT molecular complexity index is 522. The molecule has 0 spiro atoms. The lowest BCUT2D eigenvalue weighted by Crippen LogP contribution is -2.42. The van der Waals surface area contributed by atoms with E-state index < -0.39 is 5.60 Å². The van der Waals surface area contributed by atoms with Gasteiger partial charge in [0, 0.05) is 13.1 Å². The minimum absolute atomic E-state index is 0.110. The number of nitrogens with zero attached hydrogens (tertiary/aromatic N) is 4. The first-order chi connectivity index (χ1) is 10.4. The second kappa shape index (κ2) is 7.09. The predicted molar refractivity (Wildman–Crippen MR) is 86.8 cm³/mol. The van der Waals surface area contributed by atoms with Crippen molar-refractivity contribution in [3.63, 3.8) is 0 Å². The van der Waals surface area contributed by atoms with Crippen LogP contribution in [0.5, 0.6) is 0 Å². The number of aliphatic imine (C=N–C) groups is 1. The van der Waals surface area contributed by atoms with Gasteiger partial charge in [0.05, 0.1) is 18.2 Å². The molecule has 1 aromatic rings. The summed E-state index contributed by atoms with van der Waals surface area (Å²) in [6, 6.07) is 0.110. The molecule has 1 aromatic heterocycles. The van der Waals surface area contributed by atoms with Gasteiger partial charge in [-0.2, -0.15) is 5.10 Å². The highest BCUT2D eigenvalue weighted by Crippen LogP contribution is 2.22. The number of aliphatic hydroxyl groups is 1. The summed E-state index contributed by atoms with van der Waals surface area (Å²) in [5, 5.41) is 21.2. The molecular formula is C15H28N6O. The Morgan fingerprint density at radius 2 is 2.27 bits per heavy atom. The van der Waals surface area contributed by atoms with E-state index >= 15 is 0 Å². The second-order valence-electron chi connectivity index (χ2n) is 6.13. The highest BCUT2D eigenvalue weighted by molar-refractivity contribution is 5.80. The first kappa shape index (κ1) is 16.7.